The normalized spacial score (nSPS) is 15.4. The maximum Gasteiger partial charge on any atom is 0.184 e. The molecule has 0 radical (unpaired) electrons. The number of benzene rings is 1. The van der Waals surface area contributed by atoms with Crippen molar-refractivity contribution in [3.8, 4) is 11.8 Å². The molecule has 2 rings (SSSR count). The van der Waals surface area contributed by atoms with Crippen molar-refractivity contribution in [1.82, 2.24) is 0 Å². The van der Waals surface area contributed by atoms with Crippen LogP contribution in [-0.4, -0.2) is 24.9 Å². The van der Waals surface area contributed by atoms with Crippen LogP contribution in [0.2, 0.25) is 0 Å². The molecule has 96 valence electrons. The van der Waals surface area contributed by atoms with E-state index >= 15 is 0 Å². The molecule has 1 aliphatic rings. The fourth-order valence-electron chi connectivity index (χ4n) is 1.76. The number of hydrogen-bond donors (Lipinski definition) is 1. The molecule has 0 aliphatic carbocycles. The minimum atomic E-state index is -0.212. The molecule has 1 fully saturated rings. The van der Waals surface area contributed by atoms with Crippen LogP contribution in [0.1, 0.15) is 36.7 Å². The Kier molecular flexibility index (Phi) is 5.22. The van der Waals surface area contributed by atoms with Crippen LogP contribution < -0.4 is 0 Å². The molecule has 1 heterocycles. The van der Waals surface area contributed by atoms with Crippen LogP contribution in [-0.2, 0) is 9.47 Å². The Morgan fingerprint density at radius 2 is 1.83 bits per heavy atom. The third-order valence-electron chi connectivity index (χ3n) is 2.75. The highest BCUT2D eigenvalue weighted by Gasteiger charge is 2.17. The quantitative estimate of drug-likeness (QED) is 0.654. The SMILES string of the molecule is OCCCCC#Cc1ccc(C2OCCO2)cc1. The second-order valence-corrected chi connectivity index (χ2v) is 4.18. The van der Waals surface area contributed by atoms with Crippen LogP contribution in [0.5, 0.6) is 0 Å². The molecule has 0 bridgehead atoms. The summed E-state index contributed by atoms with van der Waals surface area (Å²) in [5.41, 5.74) is 2.04. The van der Waals surface area contributed by atoms with E-state index < -0.39 is 0 Å². The standard InChI is InChI=1S/C15H18O3/c16-10-4-2-1-3-5-13-6-8-14(9-7-13)15-17-11-12-18-15/h6-9,15-16H,1-2,4,10-12H2. The first kappa shape index (κ1) is 13.1. The number of aliphatic hydroxyl groups is 1. The van der Waals surface area contributed by atoms with Crippen molar-refractivity contribution in [1.29, 1.82) is 0 Å². The highest BCUT2D eigenvalue weighted by molar-refractivity contribution is 5.36. The lowest BCUT2D eigenvalue weighted by atomic mass is 10.1. The molecule has 1 aromatic rings. The summed E-state index contributed by atoms with van der Waals surface area (Å²) in [4.78, 5) is 0. The van der Waals surface area contributed by atoms with Crippen molar-refractivity contribution in [2.24, 2.45) is 0 Å². The van der Waals surface area contributed by atoms with Gasteiger partial charge in [0, 0.05) is 24.2 Å². The fraction of sp³-hybridized carbons (Fsp3) is 0.467. The first-order valence-corrected chi connectivity index (χ1v) is 6.33. The molecule has 3 heteroatoms. The van der Waals surface area contributed by atoms with Gasteiger partial charge < -0.3 is 14.6 Å². The summed E-state index contributed by atoms with van der Waals surface area (Å²) in [6, 6.07) is 7.96. The molecular weight excluding hydrogens is 228 g/mol. The molecule has 1 saturated heterocycles. The van der Waals surface area contributed by atoms with Gasteiger partial charge in [-0.15, -0.1) is 0 Å². The van der Waals surface area contributed by atoms with E-state index in [2.05, 4.69) is 11.8 Å². The molecule has 18 heavy (non-hydrogen) atoms. The van der Waals surface area contributed by atoms with Gasteiger partial charge >= 0.3 is 0 Å². The van der Waals surface area contributed by atoms with Gasteiger partial charge in [-0.3, -0.25) is 0 Å². The molecule has 0 aromatic heterocycles. The highest BCUT2D eigenvalue weighted by atomic mass is 16.7. The highest BCUT2D eigenvalue weighted by Crippen LogP contribution is 2.22. The van der Waals surface area contributed by atoms with E-state index in [1.54, 1.807) is 0 Å². The smallest absolute Gasteiger partial charge is 0.184 e. The van der Waals surface area contributed by atoms with Gasteiger partial charge in [-0.25, -0.2) is 0 Å². The molecule has 0 spiro atoms. The Morgan fingerprint density at radius 3 is 2.50 bits per heavy atom. The van der Waals surface area contributed by atoms with E-state index in [-0.39, 0.29) is 12.9 Å². The number of unbranched alkanes of at least 4 members (excludes halogenated alkanes) is 2. The van der Waals surface area contributed by atoms with Gasteiger partial charge in [-0.1, -0.05) is 24.0 Å². The minimum Gasteiger partial charge on any atom is -0.396 e. The monoisotopic (exact) mass is 246 g/mol. The Morgan fingerprint density at radius 1 is 1.11 bits per heavy atom. The zero-order valence-corrected chi connectivity index (χ0v) is 10.4. The molecule has 0 amide bonds. The summed E-state index contributed by atoms with van der Waals surface area (Å²) < 4.78 is 10.8. The van der Waals surface area contributed by atoms with Crippen molar-refractivity contribution in [3.05, 3.63) is 35.4 Å². The van der Waals surface area contributed by atoms with Gasteiger partial charge in [0.2, 0.25) is 0 Å². The van der Waals surface area contributed by atoms with Gasteiger partial charge in [0.05, 0.1) is 13.2 Å². The van der Waals surface area contributed by atoms with E-state index in [4.69, 9.17) is 14.6 Å². The average Bonchev–Trinajstić information content (AvgIpc) is 2.93. The van der Waals surface area contributed by atoms with Gasteiger partial charge in [-0.2, -0.15) is 0 Å². The van der Waals surface area contributed by atoms with E-state index in [0.29, 0.717) is 13.2 Å². The summed E-state index contributed by atoms with van der Waals surface area (Å²) in [5, 5.41) is 8.65. The summed E-state index contributed by atoms with van der Waals surface area (Å²) in [7, 11) is 0. The van der Waals surface area contributed by atoms with Gasteiger partial charge in [0.25, 0.3) is 0 Å². The summed E-state index contributed by atoms with van der Waals surface area (Å²) in [5.74, 6) is 6.21. The van der Waals surface area contributed by atoms with Crippen molar-refractivity contribution < 1.29 is 14.6 Å². The average molecular weight is 246 g/mol. The number of aliphatic hydroxyl groups excluding tert-OH is 1. The largest absolute Gasteiger partial charge is 0.396 e. The van der Waals surface area contributed by atoms with Crippen LogP contribution in [0.25, 0.3) is 0 Å². The number of ether oxygens (including phenoxy) is 2. The lowest BCUT2D eigenvalue weighted by molar-refractivity contribution is -0.0441. The maximum absolute atomic E-state index is 8.65. The van der Waals surface area contributed by atoms with Crippen molar-refractivity contribution in [3.63, 3.8) is 0 Å². The van der Waals surface area contributed by atoms with E-state index in [1.807, 2.05) is 24.3 Å². The van der Waals surface area contributed by atoms with Crippen LogP contribution in [0, 0.1) is 11.8 Å². The molecule has 0 saturated carbocycles. The number of rotatable bonds is 4. The Balaban J connectivity index is 1.86. The van der Waals surface area contributed by atoms with Crippen LogP contribution in [0.15, 0.2) is 24.3 Å². The third-order valence-corrected chi connectivity index (χ3v) is 2.75. The Labute approximate surface area is 108 Å². The predicted octanol–water partition coefficient (Wildman–Crippen LogP) is 2.25. The van der Waals surface area contributed by atoms with Crippen molar-refractivity contribution in [2.75, 3.05) is 19.8 Å². The van der Waals surface area contributed by atoms with Crippen LogP contribution >= 0.6 is 0 Å². The second kappa shape index (κ2) is 7.17. The molecule has 3 nitrogen and oxygen atoms in total. The maximum atomic E-state index is 8.65. The lowest BCUT2D eigenvalue weighted by Crippen LogP contribution is -1.97. The van der Waals surface area contributed by atoms with Crippen molar-refractivity contribution >= 4 is 0 Å². The summed E-state index contributed by atoms with van der Waals surface area (Å²) >= 11 is 0. The van der Waals surface area contributed by atoms with Gasteiger partial charge in [-0.05, 0) is 25.0 Å². The fourth-order valence-corrected chi connectivity index (χ4v) is 1.76. The second-order valence-electron chi connectivity index (χ2n) is 4.18. The van der Waals surface area contributed by atoms with E-state index in [1.165, 1.54) is 0 Å². The minimum absolute atomic E-state index is 0.212. The third kappa shape index (κ3) is 3.85. The predicted molar refractivity (Wildman–Crippen MR) is 68.9 cm³/mol. The summed E-state index contributed by atoms with van der Waals surface area (Å²) in [6.07, 6.45) is 2.39. The van der Waals surface area contributed by atoms with E-state index in [0.717, 1.165) is 30.4 Å². The molecule has 0 atom stereocenters. The zero-order valence-electron chi connectivity index (χ0n) is 10.4. The molecule has 1 aromatic carbocycles. The molecule has 1 N–H and O–H groups in total. The Bertz CT molecular complexity index is 408. The zero-order chi connectivity index (χ0) is 12.6. The van der Waals surface area contributed by atoms with Crippen molar-refractivity contribution in [2.45, 2.75) is 25.6 Å². The topological polar surface area (TPSA) is 38.7 Å². The lowest BCUT2D eigenvalue weighted by Gasteiger charge is -2.08. The first-order chi connectivity index (χ1) is 8.90. The molecular formula is C15H18O3. The first-order valence-electron chi connectivity index (χ1n) is 6.33. The Hall–Kier alpha value is -1.34. The molecule has 0 unspecified atom stereocenters. The molecule has 1 aliphatic heterocycles. The van der Waals surface area contributed by atoms with Gasteiger partial charge in [0.1, 0.15) is 0 Å². The van der Waals surface area contributed by atoms with Crippen LogP contribution in [0.4, 0.5) is 0 Å². The van der Waals surface area contributed by atoms with Gasteiger partial charge in [0.15, 0.2) is 6.29 Å². The number of hydrogen-bond acceptors (Lipinski definition) is 3. The van der Waals surface area contributed by atoms with Crippen LogP contribution in [0.3, 0.4) is 0 Å². The van der Waals surface area contributed by atoms with E-state index in [9.17, 15) is 0 Å². The summed E-state index contributed by atoms with van der Waals surface area (Å²) in [6.45, 7) is 1.58.